The van der Waals surface area contributed by atoms with Gasteiger partial charge in [0.05, 0.1) is 5.56 Å². The third-order valence-electron chi connectivity index (χ3n) is 3.06. The van der Waals surface area contributed by atoms with E-state index >= 15 is 0 Å². The normalized spacial score (nSPS) is 10.0. The Kier molecular flexibility index (Phi) is 4.27. The molecule has 2 aromatic rings. The summed E-state index contributed by atoms with van der Waals surface area (Å²) < 4.78 is 13.5. The number of halogens is 1. The van der Waals surface area contributed by atoms with Crippen LogP contribution in [0.25, 0.3) is 0 Å². The molecule has 2 rings (SSSR count). The second-order valence-electron chi connectivity index (χ2n) is 4.35. The minimum absolute atomic E-state index is 0.151. The molecular formula is C15H14FN3O2. The number of benzene rings is 1. The number of aromatic nitrogens is 1. The van der Waals surface area contributed by atoms with Gasteiger partial charge in [-0.05, 0) is 36.8 Å². The summed E-state index contributed by atoms with van der Waals surface area (Å²) in [5, 5.41) is 5.11. The lowest BCUT2D eigenvalue weighted by Gasteiger charge is -2.11. The fourth-order valence-electron chi connectivity index (χ4n) is 1.90. The zero-order chi connectivity index (χ0) is 15.4. The fraction of sp³-hybridized carbons (Fsp3) is 0.133. The van der Waals surface area contributed by atoms with Gasteiger partial charge >= 0.3 is 0 Å². The molecule has 0 fully saturated rings. The molecule has 0 unspecified atom stereocenters. The van der Waals surface area contributed by atoms with Crippen LogP contribution in [0.15, 0.2) is 36.5 Å². The number of nitrogens with zero attached hydrogens (tertiary/aromatic N) is 1. The van der Waals surface area contributed by atoms with E-state index in [1.165, 1.54) is 25.4 Å². The molecule has 0 aliphatic rings. The van der Waals surface area contributed by atoms with E-state index in [0.717, 1.165) is 0 Å². The topological polar surface area (TPSA) is 71.1 Å². The third-order valence-corrected chi connectivity index (χ3v) is 3.06. The van der Waals surface area contributed by atoms with Crippen LogP contribution in [0.4, 0.5) is 10.1 Å². The monoisotopic (exact) mass is 287 g/mol. The van der Waals surface area contributed by atoms with Gasteiger partial charge in [0.25, 0.3) is 11.8 Å². The van der Waals surface area contributed by atoms with Crippen LogP contribution in [-0.2, 0) is 0 Å². The maximum atomic E-state index is 13.5. The Morgan fingerprint density at radius 3 is 2.48 bits per heavy atom. The molecule has 2 amide bonds. The molecule has 0 aliphatic heterocycles. The van der Waals surface area contributed by atoms with E-state index in [-0.39, 0.29) is 11.5 Å². The van der Waals surface area contributed by atoms with Gasteiger partial charge in [-0.2, -0.15) is 4.39 Å². The van der Waals surface area contributed by atoms with Crippen molar-refractivity contribution in [2.75, 3.05) is 12.4 Å². The van der Waals surface area contributed by atoms with E-state index in [9.17, 15) is 14.0 Å². The highest BCUT2D eigenvalue weighted by Gasteiger charge is 2.15. The van der Waals surface area contributed by atoms with Crippen molar-refractivity contribution in [3.8, 4) is 0 Å². The minimum atomic E-state index is -0.838. The lowest BCUT2D eigenvalue weighted by atomic mass is 10.1. The van der Waals surface area contributed by atoms with Crippen LogP contribution in [0, 0.1) is 12.9 Å². The predicted molar refractivity (Wildman–Crippen MR) is 76.7 cm³/mol. The first-order chi connectivity index (χ1) is 10.0. The summed E-state index contributed by atoms with van der Waals surface area (Å²) >= 11 is 0. The first-order valence-corrected chi connectivity index (χ1v) is 6.28. The first-order valence-electron chi connectivity index (χ1n) is 6.28. The maximum Gasteiger partial charge on any atom is 0.260 e. The van der Waals surface area contributed by atoms with Crippen molar-refractivity contribution in [3.63, 3.8) is 0 Å². The van der Waals surface area contributed by atoms with Crippen molar-refractivity contribution in [3.05, 3.63) is 59.2 Å². The van der Waals surface area contributed by atoms with Crippen LogP contribution >= 0.6 is 0 Å². The zero-order valence-corrected chi connectivity index (χ0v) is 11.6. The van der Waals surface area contributed by atoms with Crippen molar-refractivity contribution >= 4 is 17.5 Å². The van der Waals surface area contributed by atoms with E-state index < -0.39 is 11.9 Å². The average molecular weight is 287 g/mol. The fourth-order valence-corrected chi connectivity index (χ4v) is 1.90. The summed E-state index contributed by atoms with van der Waals surface area (Å²) in [7, 11) is 1.53. The SMILES string of the molecule is CNC(=O)c1cccc(NC(=O)c2cccnc2F)c1C. The number of pyridine rings is 1. The molecule has 108 valence electrons. The summed E-state index contributed by atoms with van der Waals surface area (Å²) in [5.41, 5.74) is 1.35. The second-order valence-corrected chi connectivity index (χ2v) is 4.35. The number of hydrogen-bond acceptors (Lipinski definition) is 3. The Labute approximate surface area is 121 Å². The van der Waals surface area contributed by atoms with E-state index in [0.29, 0.717) is 16.8 Å². The van der Waals surface area contributed by atoms with Gasteiger partial charge in [-0.25, -0.2) is 4.98 Å². The van der Waals surface area contributed by atoms with E-state index in [4.69, 9.17) is 0 Å². The van der Waals surface area contributed by atoms with Crippen LogP contribution in [-0.4, -0.2) is 23.8 Å². The Balaban J connectivity index is 2.30. The molecule has 0 spiro atoms. The van der Waals surface area contributed by atoms with Crippen LogP contribution in [0.1, 0.15) is 26.3 Å². The van der Waals surface area contributed by atoms with E-state index in [2.05, 4.69) is 15.6 Å². The number of carbonyl (C=O) groups is 2. The summed E-state index contributed by atoms with van der Waals surface area (Å²) in [4.78, 5) is 27.2. The molecule has 21 heavy (non-hydrogen) atoms. The highest BCUT2D eigenvalue weighted by Crippen LogP contribution is 2.20. The number of carbonyl (C=O) groups excluding carboxylic acids is 2. The molecule has 0 aliphatic carbocycles. The average Bonchev–Trinajstić information content (AvgIpc) is 2.49. The van der Waals surface area contributed by atoms with Crippen LogP contribution in [0.5, 0.6) is 0 Å². The number of amides is 2. The largest absolute Gasteiger partial charge is 0.355 e. The molecule has 5 nitrogen and oxygen atoms in total. The number of nitrogens with one attached hydrogen (secondary N) is 2. The molecule has 0 radical (unpaired) electrons. The third kappa shape index (κ3) is 3.05. The predicted octanol–water partition coefficient (Wildman–Crippen LogP) is 2.14. The van der Waals surface area contributed by atoms with Gasteiger partial charge < -0.3 is 10.6 Å². The molecule has 0 atom stereocenters. The highest BCUT2D eigenvalue weighted by molar-refractivity contribution is 6.06. The molecule has 1 aromatic carbocycles. The smallest absolute Gasteiger partial charge is 0.260 e. The molecule has 6 heteroatoms. The van der Waals surface area contributed by atoms with Gasteiger partial charge in [0.1, 0.15) is 0 Å². The van der Waals surface area contributed by atoms with Gasteiger partial charge in [0.15, 0.2) is 0 Å². The maximum absolute atomic E-state index is 13.5. The number of hydrogen-bond donors (Lipinski definition) is 2. The van der Waals surface area contributed by atoms with Crippen molar-refractivity contribution in [2.24, 2.45) is 0 Å². The first kappa shape index (κ1) is 14.6. The van der Waals surface area contributed by atoms with Crippen LogP contribution < -0.4 is 10.6 Å². The zero-order valence-electron chi connectivity index (χ0n) is 11.6. The van der Waals surface area contributed by atoms with E-state index in [1.807, 2.05) is 0 Å². The van der Waals surface area contributed by atoms with Gasteiger partial charge in [-0.15, -0.1) is 0 Å². The molecular weight excluding hydrogens is 273 g/mol. The minimum Gasteiger partial charge on any atom is -0.355 e. The highest BCUT2D eigenvalue weighted by atomic mass is 19.1. The summed E-state index contributed by atoms with van der Waals surface area (Å²) in [5.74, 6) is -1.70. The Bertz CT molecular complexity index is 701. The standard InChI is InChI=1S/C15H14FN3O2/c1-9-10(14(20)17-2)5-3-7-12(9)19-15(21)11-6-4-8-18-13(11)16/h3-8H,1-2H3,(H,17,20)(H,19,21). The van der Waals surface area contributed by atoms with Crippen molar-refractivity contribution in [1.82, 2.24) is 10.3 Å². The lowest BCUT2D eigenvalue weighted by molar-refractivity contribution is 0.0960. The summed E-state index contributed by atoms with van der Waals surface area (Å²) in [6.07, 6.45) is 1.27. The van der Waals surface area contributed by atoms with E-state index in [1.54, 1.807) is 25.1 Å². The van der Waals surface area contributed by atoms with Gasteiger partial charge in [0, 0.05) is 24.5 Å². The van der Waals surface area contributed by atoms with Crippen LogP contribution in [0.2, 0.25) is 0 Å². The summed E-state index contributed by atoms with van der Waals surface area (Å²) in [6, 6.07) is 7.76. The van der Waals surface area contributed by atoms with Crippen molar-refractivity contribution in [1.29, 1.82) is 0 Å². The second kappa shape index (κ2) is 6.13. The molecule has 0 bridgehead atoms. The van der Waals surface area contributed by atoms with Crippen LogP contribution in [0.3, 0.4) is 0 Å². The molecule has 2 N–H and O–H groups in total. The lowest BCUT2D eigenvalue weighted by Crippen LogP contribution is -2.20. The molecule has 0 saturated carbocycles. The van der Waals surface area contributed by atoms with Crippen molar-refractivity contribution in [2.45, 2.75) is 6.92 Å². The Hall–Kier alpha value is -2.76. The Morgan fingerprint density at radius 1 is 1.10 bits per heavy atom. The number of rotatable bonds is 3. The number of anilines is 1. The van der Waals surface area contributed by atoms with Crippen molar-refractivity contribution < 1.29 is 14.0 Å². The quantitative estimate of drug-likeness (QED) is 0.850. The van der Waals surface area contributed by atoms with Gasteiger partial charge in [0.2, 0.25) is 5.95 Å². The molecule has 0 saturated heterocycles. The summed E-state index contributed by atoms with van der Waals surface area (Å²) in [6.45, 7) is 1.71. The van der Waals surface area contributed by atoms with Gasteiger partial charge in [-0.3, -0.25) is 9.59 Å². The Morgan fingerprint density at radius 2 is 1.81 bits per heavy atom. The molecule has 1 heterocycles. The van der Waals surface area contributed by atoms with Gasteiger partial charge in [-0.1, -0.05) is 6.07 Å². The molecule has 1 aromatic heterocycles.